The van der Waals surface area contributed by atoms with Gasteiger partial charge in [0.1, 0.15) is 17.2 Å². The summed E-state index contributed by atoms with van der Waals surface area (Å²) in [6.07, 6.45) is 2.48. The van der Waals surface area contributed by atoms with Crippen LogP contribution in [0.2, 0.25) is 0 Å². The van der Waals surface area contributed by atoms with Crippen LogP contribution in [-0.2, 0) is 6.42 Å². The highest BCUT2D eigenvalue weighted by molar-refractivity contribution is 5.94. The molecular formula is C26H17FN4O2. The van der Waals surface area contributed by atoms with Crippen molar-refractivity contribution in [3.63, 3.8) is 0 Å². The van der Waals surface area contributed by atoms with Crippen LogP contribution < -0.4 is 5.63 Å². The molecule has 0 atom stereocenters. The van der Waals surface area contributed by atoms with Gasteiger partial charge in [0.25, 0.3) is 0 Å². The number of hydrogen-bond acceptors (Lipinski definition) is 4. The van der Waals surface area contributed by atoms with E-state index in [1.54, 1.807) is 22.9 Å². The van der Waals surface area contributed by atoms with Gasteiger partial charge in [-0.1, -0.05) is 47.7 Å². The second-order valence-corrected chi connectivity index (χ2v) is 7.87. The van der Waals surface area contributed by atoms with E-state index < -0.39 is 5.63 Å². The van der Waals surface area contributed by atoms with Crippen molar-refractivity contribution in [1.82, 2.24) is 20.0 Å². The Hall–Kier alpha value is -4.52. The van der Waals surface area contributed by atoms with Crippen molar-refractivity contribution in [3.05, 3.63) is 113 Å². The number of aromatic amines is 1. The topological polar surface area (TPSA) is 76.7 Å². The summed E-state index contributed by atoms with van der Waals surface area (Å²) in [5.74, 6) is -0.244. The van der Waals surface area contributed by atoms with Crippen LogP contribution in [0.1, 0.15) is 11.3 Å². The minimum absolute atomic E-state index is 0.244. The molecule has 3 aromatic heterocycles. The van der Waals surface area contributed by atoms with Crippen LogP contribution in [0.15, 0.2) is 94.3 Å². The van der Waals surface area contributed by atoms with Crippen molar-refractivity contribution >= 4 is 21.9 Å². The second-order valence-electron chi connectivity index (χ2n) is 7.87. The zero-order valence-electron chi connectivity index (χ0n) is 17.3. The lowest BCUT2D eigenvalue weighted by molar-refractivity contribution is 0.557. The summed E-state index contributed by atoms with van der Waals surface area (Å²) in [6, 6.07) is 23.3. The summed E-state index contributed by atoms with van der Waals surface area (Å²) < 4.78 is 20.3. The Labute approximate surface area is 186 Å². The molecule has 0 aliphatic heterocycles. The van der Waals surface area contributed by atoms with Gasteiger partial charge in [0, 0.05) is 34.5 Å². The molecule has 0 saturated heterocycles. The Bertz CT molecular complexity index is 1680. The average molecular weight is 436 g/mol. The largest absolute Gasteiger partial charge is 0.420 e. The number of fused-ring (bicyclic) bond motifs is 2. The maximum Gasteiger partial charge on any atom is 0.336 e. The number of rotatable bonds is 4. The maximum absolute atomic E-state index is 13.2. The number of hydrogen-bond donors (Lipinski definition) is 1. The highest BCUT2D eigenvalue weighted by atomic mass is 19.1. The van der Waals surface area contributed by atoms with E-state index >= 15 is 0 Å². The van der Waals surface area contributed by atoms with Gasteiger partial charge in [-0.15, -0.1) is 5.10 Å². The molecule has 0 aliphatic carbocycles. The Morgan fingerprint density at radius 3 is 2.64 bits per heavy atom. The zero-order valence-corrected chi connectivity index (χ0v) is 17.3. The highest BCUT2D eigenvalue weighted by Gasteiger charge is 2.14. The van der Waals surface area contributed by atoms with Crippen molar-refractivity contribution in [2.75, 3.05) is 0 Å². The van der Waals surface area contributed by atoms with E-state index in [0.29, 0.717) is 23.4 Å². The number of aromatic nitrogens is 4. The fourth-order valence-corrected chi connectivity index (χ4v) is 4.11. The van der Waals surface area contributed by atoms with Crippen molar-refractivity contribution in [1.29, 1.82) is 0 Å². The predicted molar refractivity (Wildman–Crippen MR) is 124 cm³/mol. The van der Waals surface area contributed by atoms with E-state index in [1.165, 1.54) is 18.2 Å². The Balaban J connectivity index is 1.40. The normalized spacial score (nSPS) is 11.4. The quantitative estimate of drug-likeness (QED) is 0.383. The zero-order chi connectivity index (χ0) is 22.4. The number of nitrogens with zero attached hydrogens (tertiary/aromatic N) is 3. The first-order chi connectivity index (χ1) is 16.1. The molecule has 0 spiro atoms. The molecule has 3 aromatic carbocycles. The molecule has 6 aromatic rings. The number of H-pyrrole nitrogens is 1. The lowest BCUT2D eigenvalue weighted by Crippen LogP contribution is -2.00. The standard InChI is InChI=1S/C26H17FN4O2/c27-19-10-7-16(8-11-19)13-20-14-18-4-1-5-21(25(18)28-20)22-15-31(30-29-22)23-6-2-3-17-9-12-24(32)33-26(17)23/h1-12,14-15,28H,13H2. The van der Waals surface area contributed by atoms with Crippen LogP contribution in [0.25, 0.3) is 38.8 Å². The van der Waals surface area contributed by atoms with Gasteiger partial charge in [-0.3, -0.25) is 0 Å². The predicted octanol–water partition coefficient (Wildman–Crippen LogP) is 5.25. The molecule has 0 saturated carbocycles. The molecule has 6 rings (SSSR count). The van der Waals surface area contributed by atoms with Crippen LogP contribution in [0.3, 0.4) is 0 Å². The van der Waals surface area contributed by atoms with Gasteiger partial charge in [0.2, 0.25) is 0 Å². The second kappa shape index (κ2) is 7.56. The molecule has 0 amide bonds. The molecule has 1 N–H and O–H groups in total. The minimum Gasteiger partial charge on any atom is -0.420 e. The first-order valence-corrected chi connectivity index (χ1v) is 10.4. The third-order valence-corrected chi connectivity index (χ3v) is 5.66. The molecule has 0 bridgehead atoms. The monoisotopic (exact) mass is 436 g/mol. The van der Waals surface area contributed by atoms with E-state index in [1.807, 2.05) is 42.6 Å². The van der Waals surface area contributed by atoms with Crippen molar-refractivity contribution in [2.24, 2.45) is 0 Å². The molecule has 0 aliphatic rings. The molecular weight excluding hydrogens is 419 g/mol. The summed E-state index contributed by atoms with van der Waals surface area (Å²) in [4.78, 5) is 15.2. The van der Waals surface area contributed by atoms with Crippen LogP contribution in [0, 0.1) is 5.82 Å². The van der Waals surface area contributed by atoms with Gasteiger partial charge in [-0.2, -0.15) is 0 Å². The summed E-state index contributed by atoms with van der Waals surface area (Å²) in [7, 11) is 0. The van der Waals surface area contributed by atoms with E-state index in [9.17, 15) is 9.18 Å². The molecule has 0 radical (unpaired) electrons. The Morgan fingerprint density at radius 2 is 1.76 bits per heavy atom. The van der Waals surface area contributed by atoms with Crippen LogP contribution >= 0.6 is 0 Å². The summed E-state index contributed by atoms with van der Waals surface area (Å²) in [5, 5.41) is 10.5. The summed E-state index contributed by atoms with van der Waals surface area (Å²) in [5.41, 5.74) is 5.27. The van der Waals surface area contributed by atoms with E-state index in [0.717, 1.165) is 33.1 Å². The molecule has 7 heteroatoms. The fraction of sp³-hybridized carbons (Fsp3) is 0.0385. The van der Waals surface area contributed by atoms with Crippen molar-refractivity contribution in [3.8, 4) is 16.9 Å². The third-order valence-electron chi connectivity index (χ3n) is 5.66. The van der Waals surface area contributed by atoms with Crippen LogP contribution in [-0.4, -0.2) is 20.0 Å². The average Bonchev–Trinajstić information content (AvgIpc) is 3.47. The molecule has 6 nitrogen and oxygen atoms in total. The lowest BCUT2D eigenvalue weighted by atomic mass is 10.1. The van der Waals surface area contributed by atoms with Crippen LogP contribution in [0.5, 0.6) is 0 Å². The lowest BCUT2D eigenvalue weighted by Gasteiger charge is -2.03. The molecule has 0 unspecified atom stereocenters. The first kappa shape index (κ1) is 19.2. The van der Waals surface area contributed by atoms with Gasteiger partial charge in [-0.05, 0) is 35.9 Å². The first-order valence-electron chi connectivity index (χ1n) is 10.4. The van der Waals surface area contributed by atoms with Gasteiger partial charge >= 0.3 is 5.63 Å². The smallest absolute Gasteiger partial charge is 0.336 e. The molecule has 160 valence electrons. The van der Waals surface area contributed by atoms with Crippen molar-refractivity contribution < 1.29 is 8.81 Å². The number of nitrogens with one attached hydrogen (secondary N) is 1. The van der Waals surface area contributed by atoms with Gasteiger partial charge in [-0.25, -0.2) is 13.9 Å². The van der Waals surface area contributed by atoms with Gasteiger partial charge in [0.05, 0.1) is 11.7 Å². The van der Waals surface area contributed by atoms with E-state index in [2.05, 4.69) is 21.4 Å². The minimum atomic E-state index is -0.417. The maximum atomic E-state index is 13.2. The fourth-order valence-electron chi connectivity index (χ4n) is 4.11. The van der Waals surface area contributed by atoms with Gasteiger partial charge in [0.15, 0.2) is 5.58 Å². The Kier molecular flexibility index (Phi) is 4.40. The SMILES string of the molecule is O=c1ccc2cccc(-n3cc(-c4cccc5cc(Cc6ccc(F)cc6)[nH]c45)nn3)c2o1. The Morgan fingerprint density at radius 1 is 0.939 bits per heavy atom. The van der Waals surface area contributed by atoms with Gasteiger partial charge < -0.3 is 9.40 Å². The summed E-state index contributed by atoms with van der Waals surface area (Å²) in [6.45, 7) is 0. The molecule has 0 fully saturated rings. The summed E-state index contributed by atoms with van der Waals surface area (Å²) >= 11 is 0. The van der Waals surface area contributed by atoms with E-state index in [-0.39, 0.29) is 5.82 Å². The number of halogens is 1. The number of para-hydroxylation sites is 2. The van der Waals surface area contributed by atoms with Crippen molar-refractivity contribution in [2.45, 2.75) is 6.42 Å². The van der Waals surface area contributed by atoms with Crippen LogP contribution in [0.4, 0.5) is 4.39 Å². The van der Waals surface area contributed by atoms with E-state index in [4.69, 9.17) is 4.42 Å². The molecule has 33 heavy (non-hydrogen) atoms. The number of benzene rings is 3. The molecule has 3 heterocycles. The third kappa shape index (κ3) is 3.49. The highest BCUT2D eigenvalue weighted by Crippen LogP contribution is 2.29.